The lowest BCUT2D eigenvalue weighted by atomic mass is 10.1. The highest BCUT2D eigenvalue weighted by molar-refractivity contribution is 14.1. The Morgan fingerprint density at radius 2 is 2.04 bits per heavy atom. The molecule has 0 aliphatic carbocycles. The summed E-state index contributed by atoms with van der Waals surface area (Å²) in [4.78, 5) is 8.42. The summed E-state index contributed by atoms with van der Waals surface area (Å²) in [6, 6.07) is 0. The van der Waals surface area contributed by atoms with Gasteiger partial charge < -0.3 is 29.7 Å². The molecule has 1 aliphatic heterocycles. The third-order valence-corrected chi connectivity index (χ3v) is 10.9. The van der Waals surface area contributed by atoms with Crippen LogP contribution in [0.5, 0.6) is 0 Å². The molecule has 0 spiro atoms. The number of fused-ring (bicyclic) bond motifs is 1. The Morgan fingerprint density at radius 1 is 1.37 bits per heavy atom. The average Bonchev–Trinajstić information content (AvgIpc) is 3.05. The lowest BCUT2D eigenvalue weighted by molar-refractivity contribution is -0.0495. The Hall–Kier alpha value is -0.793. The number of aliphatic hydroxyl groups excluding tert-OH is 2. The fourth-order valence-corrected chi connectivity index (χ4v) is 5.10. The first kappa shape index (κ1) is 20.9. The number of rotatable bonds is 4. The van der Waals surface area contributed by atoms with Gasteiger partial charge >= 0.3 is 0 Å². The van der Waals surface area contributed by atoms with E-state index in [0.29, 0.717) is 11.5 Å². The maximum Gasteiger partial charge on any atom is 0.192 e. The third-order valence-electron chi connectivity index (χ3n) is 5.60. The van der Waals surface area contributed by atoms with Crippen molar-refractivity contribution < 1.29 is 19.4 Å². The van der Waals surface area contributed by atoms with E-state index in [4.69, 9.17) is 14.9 Å². The van der Waals surface area contributed by atoms with Gasteiger partial charge in [-0.25, -0.2) is 9.97 Å². The SMILES string of the molecule is CC(C)(C)[Si](C)(C)O[C@H]1C(O)[C@@H](CO)O[C@H]1n1cc(I)c2c(N)ncnc21. The van der Waals surface area contributed by atoms with Gasteiger partial charge in [0, 0.05) is 9.77 Å². The highest BCUT2D eigenvalue weighted by Gasteiger charge is 2.50. The van der Waals surface area contributed by atoms with E-state index in [0.717, 1.165) is 8.96 Å². The largest absolute Gasteiger partial charge is 0.407 e. The van der Waals surface area contributed by atoms with Gasteiger partial charge in [0.2, 0.25) is 0 Å². The second-order valence-corrected chi connectivity index (χ2v) is 14.3. The molecule has 0 aromatic carbocycles. The Morgan fingerprint density at radius 3 is 2.63 bits per heavy atom. The summed E-state index contributed by atoms with van der Waals surface area (Å²) in [6.45, 7) is 10.4. The Kier molecular flexibility index (Phi) is 5.60. The van der Waals surface area contributed by atoms with E-state index < -0.39 is 32.9 Å². The van der Waals surface area contributed by atoms with Crippen LogP contribution in [0.25, 0.3) is 11.0 Å². The van der Waals surface area contributed by atoms with Gasteiger partial charge in [0.25, 0.3) is 0 Å². The minimum Gasteiger partial charge on any atom is -0.407 e. The molecule has 4 atom stereocenters. The molecule has 0 bridgehead atoms. The summed E-state index contributed by atoms with van der Waals surface area (Å²) in [7, 11) is -2.19. The number of halogens is 1. The minimum absolute atomic E-state index is 0.0334. The second kappa shape index (κ2) is 7.23. The molecule has 4 N–H and O–H groups in total. The molecule has 1 unspecified atom stereocenters. The number of hydrogen-bond acceptors (Lipinski definition) is 7. The van der Waals surface area contributed by atoms with Crippen molar-refractivity contribution in [3.8, 4) is 0 Å². The number of aromatic nitrogens is 3. The van der Waals surface area contributed by atoms with Gasteiger partial charge in [0.05, 0.1) is 12.0 Å². The number of nitrogen functional groups attached to an aromatic ring is 1. The van der Waals surface area contributed by atoms with Gasteiger partial charge in [0.1, 0.15) is 36.1 Å². The van der Waals surface area contributed by atoms with Crippen molar-refractivity contribution in [3.05, 3.63) is 16.1 Å². The summed E-state index contributed by atoms with van der Waals surface area (Å²) >= 11 is 2.18. The molecule has 2 aromatic heterocycles. The van der Waals surface area contributed by atoms with E-state index in [2.05, 4.69) is 66.4 Å². The van der Waals surface area contributed by atoms with Crippen LogP contribution >= 0.6 is 22.6 Å². The predicted octanol–water partition coefficient (Wildman–Crippen LogP) is 2.26. The zero-order valence-corrected chi connectivity index (χ0v) is 19.3. The van der Waals surface area contributed by atoms with E-state index >= 15 is 0 Å². The first-order chi connectivity index (χ1) is 12.5. The van der Waals surface area contributed by atoms with Crippen LogP contribution in [0.15, 0.2) is 12.5 Å². The first-order valence-corrected chi connectivity index (χ1v) is 12.9. The number of aliphatic hydroxyl groups is 2. The van der Waals surface area contributed by atoms with E-state index in [1.807, 2.05) is 10.8 Å². The smallest absolute Gasteiger partial charge is 0.192 e. The molecule has 0 saturated carbocycles. The zero-order chi connectivity index (χ0) is 20.1. The van der Waals surface area contributed by atoms with Crippen LogP contribution in [-0.2, 0) is 9.16 Å². The third kappa shape index (κ3) is 3.62. The van der Waals surface area contributed by atoms with Gasteiger partial charge in [-0.1, -0.05) is 20.8 Å². The molecule has 1 fully saturated rings. The Bertz CT molecular complexity index is 838. The van der Waals surface area contributed by atoms with Gasteiger partial charge in [-0.15, -0.1) is 0 Å². The number of anilines is 1. The molecule has 3 rings (SSSR count). The molecule has 0 radical (unpaired) electrons. The summed E-state index contributed by atoms with van der Waals surface area (Å²) in [5, 5.41) is 21.1. The summed E-state index contributed by atoms with van der Waals surface area (Å²) in [5.74, 6) is 0.391. The van der Waals surface area contributed by atoms with Crippen molar-refractivity contribution in [1.82, 2.24) is 14.5 Å². The van der Waals surface area contributed by atoms with E-state index in [-0.39, 0.29) is 11.6 Å². The Balaban J connectivity index is 2.06. The molecular weight excluding hydrogens is 479 g/mol. The highest BCUT2D eigenvalue weighted by atomic mass is 127. The van der Waals surface area contributed by atoms with Crippen molar-refractivity contribution >= 4 is 47.8 Å². The van der Waals surface area contributed by atoms with Gasteiger partial charge in [0.15, 0.2) is 14.5 Å². The normalized spacial score (nSPS) is 26.8. The summed E-state index contributed by atoms with van der Waals surface area (Å²) in [6.07, 6.45) is 0.373. The standard InChI is InChI=1S/C17H27IN4O4Si/c1-17(2,3)27(4,5)26-13-12(24)10(7-23)25-16(13)22-6-9(18)11-14(19)20-8-21-15(11)22/h6,8,10,12-13,16,23-24H,7H2,1-5H3,(H2,19,20,21)/t10-,12?,13+,16-/m1/s1. The van der Waals surface area contributed by atoms with Gasteiger partial charge in [-0.2, -0.15) is 0 Å². The fraction of sp³-hybridized carbons (Fsp3) is 0.647. The lowest BCUT2D eigenvalue weighted by Crippen LogP contribution is -2.48. The maximum absolute atomic E-state index is 10.8. The van der Waals surface area contributed by atoms with Gasteiger partial charge in [-0.05, 0) is 40.7 Å². The average molecular weight is 506 g/mol. The molecule has 8 nitrogen and oxygen atoms in total. The molecule has 3 heterocycles. The summed E-state index contributed by atoms with van der Waals surface area (Å²) < 4.78 is 15.2. The van der Waals surface area contributed by atoms with Crippen LogP contribution < -0.4 is 5.73 Å². The molecule has 0 amide bonds. The molecule has 1 saturated heterocycles. The molecule has 150 valence electrons. The van der Waals surface area contributed by atoms with Gasteiger partial charge in [-0.3, -0.25) is 0 Å². The first-order valence-electron chi connectivity index (χ1n) is 8.86. The Labute approximate surface area is 173 Å². The zero-order valence-electron chi connectivity index (χ0n) is 16.2. The maximum atomic E-state index is 10.8. The van der Waals surface area contributed by atoms with E-state index in [1.54, 1.807) is 0 Å². The number of nitrogens with two attached hydrogens (primary N) is 1. The van der Waals surface area contributed by atoms with Crippen LogP contribution in [-0.4, -0.2) is 58.0 Å². The number of ether oxygens (including phenoxy) is 1. The van der Waals surface area contributed by atoms with Crippen LogP contribution in [0.2, 0.25) is 18.1 Å². The fourth-order valence-electron chi connectivity index (χ4n) is 2.99. The van der Waals surface area contributed by atoms with Crippen molar-refractivity contribution in [3.63, 3.8) is 0 Å². The predicted molar refractivity (Wildman–Crippen MR) is 114 cm³/mol. The van der Waals surface area contributed by atoms with Crippen LogP contribution in [0, 0.1) is 3.57 Å². The molecule has 10 heteroatoms. The summed E-state index contributed by atoms with van der Waals surface area (Å²) in [5.41, 5.74) is 6.64. The van der Waals surface area contributed by atoms with Crippen molar-refractivity contribution in [2.75, 3.05) is 12.3 Å². The van der Waals surface area contributed by atoms with Crippen molar-refractivity contribution in [2.24, 2.45) is 0 Å². The van der Waals surface area contributed by atoms with Crippen molar-refractivity contribution in [2.45, 2.75) is 63.4 Å². The van der Waals surface area contributed by atoms with Crippen LogP contribution in [0.3, 0.4) is 0 Å². The lowest BCUT2D eigenvalue weighted by Gasteiger charge is -2.40. The highest BCUT2D eigenvalue weighted by Crippen LogP contribution is 2.43. The van der Waals surface area contributed by atoms with Crippen molar-refractivity contribution in [1.29, 1.82) is 0 Å². The second-order valence-electron chi connectivity index (χ2n) is 8.42. The number of nitrogens with zero attached hydrogens (tertiary/aromatic N) is 3. The molecule has 27 heavy (non-hydrogen) atoms. The van der Waals surface area contributed by atoms with Crippen LogP contribution in [0.1, 0.15) is 27.0 Å². The van der Waals surface area contributed by atoms with E-state index in [1.165, 1.54) is 6.33 Å². The monoisotopic (exact) mass is 506 g/mol. The minimum atomic E-state index is -2.19. The quantitative estimate of drug-likeness (QED) is 0.431. The molecule has 2 aromatic rings. The van der Waals surface area contributed by atoms with Crippen LogP contribution in [0.4, 0.5) is 5.82 Å². The van der Waals surface area contributed by atoms with E-state index in [9.17, 15) is 10.2 Å². The topological polar surface area (TPSA) is 116 Å². The molecular formula is C17H27IN4O4Si. The number of hydrogen-bond donors (Lipinski definition) is 3. The molecule has 1 aliphatic rings.